The number of phenolic OH excluding ortho intramolecular Hbond substituents is 1. The molecular weight excluding hydrogens is 224 g/mol. The third-order valence-electron chi connectivity index (χ3n) is 3.39. The molecule has 94 valence electrons. The fourth-order valence-corrected chi connectivity index (χ4v) is 2.38. The Bertz CT molecular complexity index is 378. The molecule has 1 atom stereocenters. The van der Waals surface area contributed by atoms with Gasteiger partial charge in [-0.15, -0.1) is 0 Å². The number of nitrogens with zero attached hydrogens (tertiary/aromatic N) is 1. The fraction of sp³-hybridized carbons (Fsp3) is 0.538. The lowest BCUT2D eigenvalue weighted by atomic mass is 9.88. The molecule has 2 rings (SSSR count). The number of halogens is 2. The first kappa shape index (κ1) is 12.3. The molecule has 0 bridgehead atoms. The van der Waals surface area contributed by atoms with Crippen LogP contribution in [-0.4, -0.2) is 30.1 Å². The lowest BCUT2D eigenvalue weighted by Crippen LogP contribution is -2.40. The number of aromatic hydroxyl groups is 1. The van der Waals surface area contributed by atoms with Crippen molar-refractivity contribution in [3.8, 4) is 5.75 Å². The predicted octanol–water partition coefficient (Wildman–Crippen LogP) is 2.83. The second-order valence-corrected chi connectivity index (χ2v) is 4.77. The Hall–Kier alpha value is -1.16. The van der Waals surface area contributed by atoms with Gasteiger partial charge in [-0.1, -0.05) is 0 Å². The van der Waals surface area contributed by atoms with Gasteiger partial charge in [0.1, 0.15) is 5.75 Å². The van der Waals surface area contributed by atoms with E-state index in [1.165, 1.54) is 24.3 Å². The highest BCUT2D eigenvalue weighted by molar-refractivity contribution is 5.29. The molecule has 1 N–H and O–H groups in total. The maximum atomic E-state index is 14.2. The van der Waals surface area contributed by atoms with E-state index in [4.69, 9.17) is 5.11 Å². The van der Waals surface area contributed by atoms with Gasteiger partial charge in [-0.25, -0.2) is 8.78 Å². The first-order valence-electron chi connectivity index (χ1n) is 5.86. The summed E-state index contributed by atoms with van der Waals surface area (Å²) in [6.45, 7) is 1.32. The van der Waals surface area contributed by atoms with Crippen molar-refractivity contribution < 1.29 is 13.9 Å². The Labute approximate surface area is 99.9 Å². The first-order chi connectivity index (χ1) is 8.00. The van der Waals surface area contributed by atoms with Crippen LogP contribution >= 0.6 is 0 Å². The summed E-state index contributed by atoms with van der Waals surface area (Å²) in [4.78, 5) is 1.95. The Morgan fingerprint density at radius 2 is 1.94 bits per heavy atom. The molecule has 1 aromatic carbocycles. The molecule has 0 spiro atoms. The van der Waals surface area contributed by atoms with Crippen molar-refractivity contribution in [3.05, 3.63) is 29.8 Å². The van der Waals surface area contributed by atoms with Gasteiger partial charge in [0.15, 0.2) is 0 Å². The Balaban J connectivity index is 2.19. The molecule has 1 aliphatic rings. The van der Waals surface area contributed by atoms with E-state index in [1.807, 2.05) is 11.9 Å². The summed E-state index contributed by atoms with van der Waals surface area (Å²) in [6.07, 6.45) is 1.37. The van der Waals surface area contributed by atoms with Gasteiger partial charge in [0.05, 0.1) is 0 Å². The van der Waals surface area contributed by atoms with Gasteiger partial charge in [-0.3, -0.25) is 0 Å². The highest BCUT2D eigenvalue weighted by Crippen LogP contribution is 2.40. The van der Waals surface area contributed by atoms with Gasteiger partial charge in [0, 0.05) is 18.0 Å². The quantitative estimate of drug-likeness (QED) is 0.860. The van der Waals surface area contributed by atoms with E-state index in [-0.39, 0.29) is 11.3 Å². The Morgan fingerprint density at radius 1 is 1.29 bits per heavy atom. The molecular formula is C13H17F2NO. The van der Waals surface area contributed by atoms with Crippen LogP contribution in [0.2, 0.25) is 0 Å². The number of alkyl halides is 2. The average molecular weight is 241 g/mol. The zero-order chi connectivity index (χ0) is 12.5. The molecule has 0 saturated carbocycles. The summed E-state index contributed by atoms with van der Waals surface area (Å²) in [5, 5.41) is 9.12. The van der Waals surface area contributed by atoms with Crippen LogP contribution in [0, 0.1) is 5.92 Å². The zero-order valence-corrected chi connectivity index (χ0v) is 9.87. The monoisotopic (exact) mass is 241 g/mol. The molecule has 17 heavy (non-hydrogen) atoms. The van der Waals surface area contributed by atoms with Crippen molar-refractivity contribution in [3.63, 3.8) is 0 Å². The van der Waals surface area contributed by atoms with Crippen LogP contribution in [0.5, 0.6) is 5.75 Å². The minimum absolute atomic E-state index is 0.00407. The number of likely N-dealkylation sites (tertiary alicyclic amines) is 1. The van der Waals surface area contributed by atoms with Gasteiger partial charge in [0.2, 0.25) is 0 Å². The van der Waals surface area contributed by atoms with Gasteiger partial charge in [0.25, 0.3) is 5.92 Å². The second kappa shape index (κ2) is 4.61. The van der Waals surface area contributed by atoms with E-state index in [9.17, 15) is 8.78 Å². The number of rotatable bonds is 2. The Kier molecular flexibility index (Phi) is 3.33. The standard InChI is InChI=1S/C13H17F2NO/c1-16-8-2-3-11(9-16)13(14,15)10-4-6-12(17)7-5-10/h4-7,11,17H,2-3,8-9H2,1H3. The largest absolute Gasteiger partial charge is 0.508 e. The molecule has 1 heterocycles. The number of phenols is 1. The average Bonchev–Trinajstić information content (AvgIpc) is 2.29. The topological polar surface area (TPSA) is 23.5 Å². The molecule has 0 radical (unpaired) electrons. The van der Waals surface area contributed by atoms with E-state index in [0.717, 1.165) is 13.0 Å². The number of piperidine rings is 1. The Morgan fingerprint density at radius 3 is 2.53 bits per heavy atom. The fourth-order valence-electron chi connectivity index (χ4n) is 2.38. The molecule has 0 aliphatic carbocycles. The van der Waals surface area contributed by atoms with Crippen LogP contribution in [0.3, 0.4) is 0 Å². The molecule has 1 fully saturated rings. The lowest BCUT2D eigenvalue weighted by Gasteiger charge is -2.35. The third kappa shape index (κ3) is 2.57. The van der Waals surface area contributed by atoms with E-state index in [1.54, 1.807) is 0 Å². The molecule has 2 nitrogen and oxygen atoms in total. The highest BCUT2D eigenvalue weighted by Gasteiger charge is 2.42. The molecule has 0 amide bonds. The van der Waals surface area contributed by atoms with Crippen molar-refractivity contribution in [2.45, 2.75) is 18.8 Å². The summed E-state index contributed by atoms with van der Waals surface area (Å²) in [6, 6.07) is 5.25. The first-order valence-corrected chi connectivity index (χ1v) is 5.86. The third-order valence-corrected chi connectivity index (χ3v) is 3.39. The molecule has 4 heteroatoms. The summed E-state index contributed by atoms with van der Waals surface area (Å²) < 4.78 is 28.5. The van der Waals surface area contributed by atoms with Gasteiger partial charge in [-0.05, 0) is 50.7 Å². The predicted molar refractivity (Wildman–Crippen MR) is 62.2 cm³/mol. The van der Waals surface area contributed by atoms with Crippen molar-refractivity contribution in [2.75, 3.05) is 20.1 Å². The van der Waals surface area contributed by atoms with Crippen LogP contribution in [0.25, 0.3) is 0 Å². The summed E-state index contributed by atoms with van der Waals surface area (Å²) >= 11 is 0. The number of hydrogen-bond acceptors (Lipinski definition) is 2. The SMILES string of the molecule is CN1CCCC(C(F)(F)c2ccc(O)cc2)C1. The lowest BCUT2D eigenvalue weighted by molar-refractivity contribution is -0.0864. The van der Waals surface area contributed by atoms with Crippen molar-refractivity contribution in [1.29, 1.82) is 0 Å². The molecule has 0 aromatic heterocycles. The summed E-state index contributed by atoms with van der Waals surface area (Å²) in [5.74, 6) is -3.43. The molecule has 1 saturated heterocycles. The van der Waals surface area contributed by atoms with E-state index < -0.39 is 11.8 Å². The van der Waals surface area contributed by atoms with Crippen LogP contribution in [0.1, 0.15) is 18.4 Å². The van der Waals surface area contributed by atoms with Gasteiger partial charge >= 0.3 is 0 Å². The van der Waals surface area contributed by atoms with Gasteiger partial charge in [-0.2, -0.15) is 0 Å². The summed E-state index contributed by atoms with van der Waals surface area (Å²) in [5.41, 5.74) is -0.00407. The van der Waals surface area contributed by atoms with Crippen LogP contribution in [-0.2, 0) is 5.92 Å². The van der Waals surface area contributed by atoms with E-state index in [0.29, 0.717) is 13.0 Å². The number of benzene rings is 1. The van der Waals surface area contributed by atoms with Crippen LogP contribution < -0.4 is 0 Å². The van der Waals surface area contributed by atoms with Crippen molar-refractivity contribution >= 4 is 0 Å². The normalized spacial score (nSPS) is 22.6. The van der Waals surface area contributed by atoms with Crippen molar-refractivity contribution in [1.82, 2.24) is 4.90 Å². The molecule has 1 aromatic rings. The molecule has 1 unspecified atom stereocenters. The zero-order valence-electron chi connectivity index (χ0n) is 9.87. The summed E-state index contributed by atoms with van der Waals surface area (Å²) in [7, 11) is 1.87. The van der Waals surface area contributed by atoms with Crippen molar-refractivity contribution in [2.24, 2.45) is 5.92 Å². The highest BCUT2D eigenvalue weighted by atomic mass is 19.3. The minimum Gasteiger partial charge on any atom is -0.508 e. The van der Waals surface area contributed by atoms with Crippen LogP contribution in [0.4, 0.5) is 8.78 Å². The molecule has 1 aliphatic heterocycles. The van der Waals surface area contributed by atoms with E-state index >= 15 is 0 Å². The second-order valence-electron chi connectivity index (χ2n) is 4.77. The van der Waals surface area contributed by atoms with Gasteiger partial charge < -0.3 is 10.0 Å². The van der Waals surface area contributed by atoms with E-state index in [2.05, 4.69) is 0 Å². The maximum absolute atomic E-state index is 14.2. The number of hydrogen-bond donors (Lipinski definition) is 1. The van der Waals surface area contributed by atoms with Crippen LogP contribution in [0.15, 0.2) is 24.3 Å². The smallest absolute Gasteiger partial charge is 0.277 e. The minimum atomic E-state index is -2.82. The maximum Gasteiger partial charge on any atom is 0.277 e.